The molecule has 396 valence electrons. The van der Waals surface area contributed by atoms with Crippen LogP contribution >= 0.6 is 35.2 Å². The van der Waals surface area contributed by atoms with Gasteiger partial charge in [0, 0.05) is 30.7 Å². The van der Waals surface area contributed by atoms with Crippen molar-refractivity contribution in [3.05, 3.63) is 49.1 Å². The average molecular weight is 1070 g/mol. The van der Waals surface area contributed by atoms with E-state index in [1.165, 1.54) is 13.8 Å². The van der Waals surface area contributed by atoms with Gasteiger partial charge in [-0.15, -0.1) is 0 Å². The maximum atomic E-state index is 12.7. The van der Waals surface area contributed by atoms with Crippen LogP contribution in [0.4, 0.5) is 5.82 Å². The number of aliphatic imine (C=N–C) groups is 2. The Morgan fingerprint density at radius 1 is 0.957 bits per heavy atom. The van der Waals surface area contributed by atoms with E-state index >= 15 is 0 Å². The molecule has 1 saturated heterocycles. The van der Waals surface area contributed by atoms with Gasteiger partial charge in [-0.3, -0.25) is 18.4 Å². The molecule has 0 saturated carbocycles. The number of ether oxygens (including phenoxy) is 1. The largest absolute Gasteiger partial charge is 0.862 e. The second kappa shape index (κ2) is 30.1. The number of allylic oxidation sites excluding steroid dienone is 6. The van der Waals surface area contributed by atoms with E-state index in [2.05, 4.69) is 77.2 Å². The lowest BCUT2D eigenvalue weighted by molar-refractivity contribution is -0.347. The Bertz CT molecular complexity index is 2240. The Hall–Kier alpha value is -3.26. The van der Waals surface area contributed by atoms with Crippen molar-refractivity contribution in [1.29, 1.82) is 0 Å². The lowest BCUT2D eigenvalue weighted by Crippen LogP contribution is -2.45. The van der Waals surface area contributed by atoms with Gasteiger partial charge in [-0.25, -0.2) is 24.1 Å². The Morgan fingerprint density at radius 2 is 1.61 bits per heavy atom. The molecule has 8 atom stereocenters. The third-order valence-corrected chi connectivity index (χ3v) is 14.2. The van der Waals surface area contributed by atoms with Gasteiger partial charge in [0.1, 0.15) is 30.2 Å². The third kappa shape index (κ3) is 22.7. The minimum Gasteiger partial charge on any atom is -0.862 e. The number of fused-ring (bicyclic) bond motifs is 1. The summed E-state index contributed by atoms with van der Waals surface area (Å²) in [6, 6.07) is 0. The highest BCUT2D eigenvalue weighted by molar-refractivity contribution is 8.13. The number of nitrogen functional groups attached to an aromatic ring is 1. The van der Waals surface area contributed by atoms with Gasteiger partial charge in [0.25, 0.3) is 0 Å². The average Bonchev–Trinajstić information content (AvgIpc) is 3.84. The van der Waals surface area contributed by atoms with E-state index in [4.69, 9.17) is 19.5 Å². The molecule has 1 aliphatic heterocycles. The van der Waals surface area contributed by atoms with Gasteiger partial charge in [-0.2, -0.15) is 4.31 Å². The first-order valence-corrected chi connectivity index (χ1v) is 27.9. The molecule has 3 rings (SSSR count). The van der Waals surface area contributed by atoms with E-state index in [9.17, 15) is 63.6 Å². The van der Waals surface area contributed by atoms with Crippen LogP contribution in [-0.2, 0) is 41.1 Å². The van der Waals surface area contributed by atoms with Gasteiger partial charge >= 0.3 is 15.6 Å². The van der Waals surface area contributed by atoms with Crippen molar-refractivity contribution in [2.24, 2.45) is 15.4 Å². The van der Waals surface area contributed by atoms with Crippen LogP contribution in [0.2, 0.25) is 0 Å². The van der Waals surface area contributed by atoms with E-state index in [0.29, 0.717) is 6.42 Å². The molecule has 70 heavy (non-hydrogen) atoms. The van der Waals surface area contributed by atoms with Crippen molar-refractivity contribution in [2.45, 2.75) is 135 Å². The van der Waals surface area contributed by atoms with E-state index in [-0.39, 0.29) is 53.8 Å². The number of imidazole rings is 1. The number of aliphatic hydroxyl groups is 3. The van der Waals surface area contributed by atoms with Gasteiger partial charge in [0.2, 0.25) is 0 Å². The van der Waals surface area contributed by atoms with Crippen molar-refractivity contribution in [3.8, 4) is 0 Å². The molecule has 2 aromatic heterocycles. The number of phosphoric ester groups is 3. The molecule has 1 aliphatic rings. The molecule has 0 bridgehead atoms. The highest BCUT2D eigenvalue weighted by Crippen LogP contribution is 2.61. The highest BCUT2D eigenvalue weighted by atomic mass is 32.2. The van der Waals surface area contributed by atoms with Crippen LogP contribution in [-0.4, -0.2) is 124 Å². The first kappa shape index (κ1) is 61.0. The monoisotopic (exact) mass is 1070 g/mol. The third-order valence-electron chi connectivity index (χ3n) is 10.2. The quantitative estimate of drug-likeness (QED) is 0.0192. The second-order valence-corrected chi connectivity index (χ2v) is 21.9. The number of unbranched alkanes of at least 4 members (excludes halogenated alkanes) is 5. The molecule has 0 spiro atoms. The number of aliphatic hydroxyl groups excluding tert-OH is 3. The van der Waals surface area contributed by atoms with Crippen molar-refractivity contribution in [1.82, 2.24) is 19.5 Å². The predicted molar refractivity (Wildman–Crippen MR) is 251 cm³/mol. The zero-order valence-electron chi connectivity index (χ0n) is 39.2. The van der Waals surface area contributed by atoms with E-state index in [1.54, 1.807) is 0 Å². The number of carbonyl (C=O) groups is 1. The number of nitrogens with two attached hydrogens (primary N) is 1. The predicted octanol–water partition coefficient (Wildman–Crippen LogP) is 2.03. The molecule has 0 aliphatic carbocycles. The molecule has 25 nitrogen and oxygen atoms in total. The molecule has 2 aromatic rings. The van der Waals surface area contributed by atoms with E-state index < -0.39 is 90.6 Å². The van der Waals surface area contributed by atoms with Crippen LogP contribution in [0.5, 0.6) is 0 Å². The molecule has 0 aromatic carbocycles. The van der Waals surface area contributed by atoms with Crippen molar-refractivity contribution in [3.63, 3.8) is 0 Å². The summed E-state index contributed by atoms with van der Waals surface area (Å²) in [6.45, 7) is 2.01. The van der Waals surface area contributed by atoms with Crippen molar-refractivity contribution < 1.29 is 86.2 Å². The number of phosphoric acid groups is 3. The molecular weight excluding hydrogens is 1000 g/mol. The summed E-state index contributed by atoms with van der Waals surface area (Å²) in [4.78, 5) is 74.9. The molecular formula is C41H64N7O18P3S-4. The lowest BCUT2D eigenvalue weighted by Gasteiger charge is -2.34. The highest BCUT2D eigenvalue weighted by Gasteiger charge is 2.48. The van der Waals surface area contributed by atoms with Crippen LogP contribution in [0.15, 0.2) is 59.1 Å². The summed E-state index contributed by atoms with van der Waals surface area (Å²) < 4.78 is 61.7. The summed E-state index contributed by atoms with van der Waals surface area (Å²) in [5.41, 5.74) is 4.12. The number of hydrogen-bond acceptors (Lipinski definition) is 23. The zero-order valence-corrected chi connectivity index (χ0v) is 42.7. The second-order valence-electron chi connectivity index (χ2n) is 16.6. The summed E-state index contributed by atoms with van der Waals surface area (Å²) >= 11 is 0.946. The molecule has 3 heterocycles. The minimum absolute atomic E-state index is 0.000814. The number of thioether (sulfide) groups is 1. The van der Waals surface area contributed by atoms with Gasteiger partial charge < -0.3 is 74.7 Å². The van der Waals surface area contributed by atoms with Gasteiger partial charge in [-0.1, -0.05) is 94.7 Å². The number of anilines is 1. The maximum absolute atomic E-state index is 12.7. The fraction of sp³-hybridized carbons (Fsp3) is 0.659. The standard InChI is InChI=1S/C41H68N7O18P3S/c1-4-5-6-7-8-9-10-11-12-13-14-15-16-17-18-19-29(49)24-32(51)70-23-22-43-31(50)20-21-44-39(54)36(53)41(2,3)26-63-69(60,61)66-68(58,59)62-25-30-35(65-67(55,56)57)34(52)40(64-30)48-28-47-33-37(42)45-27-46-38(33)48/h5-6,8-9,11-12,27-30,34-36,40,49,52-53H,4,7,10,13-26H2,1-3H3,(H,43,50)(H,44,54)(H,58,59)(H,60,61)(H2,42,45,46)(H2,55,56,57)/p-4/b6-5-,9-8-,12-11-/t29?,30-,34-,35-,36+,40-/m1/s1. The molecule has 3 unspecified atom stereocenters. The van der Waals surface area contributed by atoms with Crippen LogP contribution in [0.25, 0.3) is 11.2 Å². The minimum atomic E-state index is -5.84. The summed E-state index contributed by atoms with van der Waals surface area (Å²) in [7, 11) is -17.0. The number of carbonyl (C=O) groups excluding carboxylic acids is 1. The molecule has 29 heteroatoms. The Morgan fingerprint density at radius 3 is 2.31 bits per heavy atom. The van der Waals surface area contributed by atoms with E-state index in [1.807, 2.05) is 0 Å². The first-order chi connectivity index (χ1) is 32.9. The lowest BCUT2D eigenvalue weighted by atomic mass is 9.87. The fourth-order valence-corrected chi connectivity index (χ4v) is 10.1. The van der Waals surface area contributed by atoms with Crippen LogP contribution < -0.4 is 25.7 Å². The Kier molecular flexibility index (Phi) is 26.2. The zero-order chi connectivity index (χ0) is 52.0. The maximum Gasteiger partial charge on any atom is 0.481 e. The smallest absolute Gasteiger partial charge is 0.481 e. The molecule has 1 fully saturated rings. The Balaban J connectivity index is 1.34. The van der Waals surface area contributed by atoms with Crippen molar-refractivity contribution >= 4 is 69.1 Å². The SMILES string of the molecule is CC/C=C\C/C=C\C/C=C\CCCCCCCC(O)CC(=O)SCCN=C([O-])CCN=C([O-])[C@H](O)C(C)(C)COP(=O)(O)OP(=O)(O)OC[C@H]1O[C@@H](n2cnc3c(N)ncnc32)[C@H](O)[C@@H]1OP(=O)([O-])[O-]. The van der Waals surface area contributed by atoms with Crippen LogP contribution in [0.3, 0.4) is 0 Å². The van der Waals surface area contributed by atoms with Crippen molar-refractivity contribution in [2.75, 3.05) is 37.8 Å². The topological polar surface area (TPSA) is 402 Å². The molecule has 7 N–H and O–H groups in total. The number of nitrogens with zero attached hydrogens (tertiary/aromatic N) is 6. The van der Waals surface area contributed by atoms with Gasteiger partial charge in [0.05, 0.1) is 39.6 Å². The molecule has 0 amide bonds. The summed E-state index contributed by atoms with van der Waals surface area (Å²) in [5, 5.41) is 56.3. The Labute approximate surface area is 410 Å². The molecule has 0 radical (unpaired) electrons. The van der Waals surface area contributed by atoms with Crippen LogP contribution in [0, 0.1) is 5.41 Å². The normalized spacial score (nSPS) is 21.3. The van der Waals surface area contributed by atoms with E-state index in [0.717, 1.165) is 86.8 Å². The van der Waals surface area contributed by atoms with Gasteiger partial charge in [-0.05, 0) is 56.7 Å². The first-order valence-electron chi connectivity index (χ1n) is 22.5. The summed E-state index contributed by atoms with van der Waals surface area (Å²) in [6.07, 6.45) is 14.2. The fourth-order valence-electron chi connectivity index (χ4n) is 6.53. The van der Waals surface area contributed by atoms with Gasteiger partial charge in [0.15, 0.2) is 22.8 Å². The summed E-state index contributed by atoms with van der Waals surface area (Å²) in [5.74, 6) is -1.64. The number of aromatic nitrogens is 4. The van der Waals surface area contributed by atoms with Crippen LogP contribution in [0.1, 0.15) is 104 Å². The number of rotatable bonds is 34. The number of hydrogen-bond donors (Lipinski definition) is 6.